The number of rotatable bonds is 6. The monoisotopic (exact) mass is 443 g/mol. The van der Waals surface area contributed by atoms with Gasteiger partial charge in [0, 0.05) is 31.9 Å². The predicted molar refractivity (Wildman–Crippen MR) is 130 cm³/mol. The third-order valence-electron chi connectivity index (χ3n) is 7.38. The van der Waals surface area contributed by atoms with E-state index in [4.69, 9.17) is 9.97 Å². The summed E-state index contributed by atoms with van der Waals surface area (Å²) in [6, 6.07) is 13.7. The second kappa shape index (κ2) is 9.12. The van der Waals surface area contributed by atoms with Crippen LogP contribution in [0.2, 0.25) is 0 Å². The van der Waals surface area contributed by atoms with Gasteiger partial charge in [-0.25, -0.2) is 4.98 Å². The molecule has 5 rings (SSSR count). The molecule has 3 aromatic heterocycles. The van der Waals surface area contributed by atoms with E-state index in [-0.39, 0.29) is 6.04 Å². The van der Waals surface area contributed by atoms with Crippen LogP contribution in [0.4, 0.5) is 5.82 Å². The molecule has 3 aromatic rings. The lowest BCUT2D eigenvalue weighted by molar-refractivity contribution is 0.173. The molecule has 2 atom stereocenters. The molecule has 0 bridgehead atoms. The summed E-state index contributed by atoms with van der Waals surface area (Å²) in [5.41, 5.74) is 4.92. The van der Waals surface area contributed by atoms with E-state index in [2.05, 4.69) is 64.4 Å². The molecule has 0 spiro atoms. The lowest BCUT2D eigenvalue weighted by Gasteiger charge is -2.33. The largest absolute Gasteiger partial charge is 0.356 e. The smallest absolute Gasteiger partial charge is 0.150 e. The molecule has 1 aliphatic carbocycles. The number of likely N-dealkylation sites (N-methyl/N-ethyl adjacent to an activating group) is 1. The molecule has 33 heavy (non-hydrogen) atoms. The fourth-order valence-electron chi connectivity index (χ4n) is 5.54. The van der Waals surface area contributed by atoms with Crippen molar-refractivity contribution in [3.63, 3.8) is 0 Å². The molecular weight excluding hydrogens is 410 g/mol. The Labute approximate surface area is 196 Å². The van der Waals surface area contributed by atoms with Crippen molar-refractivity contribution in [3.05, 3.63) is 59.2 Å². The Morgan fingerprint density at radius 3 is 2.82 bits per heavy atom. The summed E-state index contributed by atoms with van der Waals surface area (Å²) in [7, 11) is 4.28. The summed E-state index contributed by atoms with van der Waals surface area (Å²) in [4.78, 5) is 16.8. The second-order valence-electron chi connectivity index (χ2n) is 9.47. The maximum absolute atomic E-state index is 10.2. The van der Waals surface area contributed by atoms with Crippen LogP contribution in [-0.4, -0.2) is 63.9 Å². The van der Waals surface area contributed by atoms with Gasteiger partial charge in [-0.2, -0.15) is 5.26 Å². The molecule has 4 heterocycles. The van der Waals surface area contributed by atoms with Gasteiger partial charge in [0.25, 0.3) is 0 Å². The molecular formula is C26H33N7. The van der Waals surface area contributed by atoms with Crippen molar-refractivity contribution >= 4 is 11.5 Å². The zero-order chi connectivity index (χ0) is 22.9. The number of pyridine rings is 2. The number of nitrogens with zero attached hydrogens (tertiary/aromatic N) is 7. The van der Waals surface area contributed by atoms with Gasteiger partial charge in [0.05, 0.1) is 17.4 Å². The van der Waals surface area contributed by atoms with Crippen molar-refractivity contribution in [2.45, 2.75) is 51.2 Å². The van der Waals surface area contributed by atoms with Crippen LogP contribution in [0, 0.1) is 11.3 Å². The number of anilines is 1. The van der Waals surface area contributed by atoms with Gasteiger partial charge in [0.15, 0.2) is 5.69 Å². The average Bonchev–Trinajstić information content (AvgIpc) is 3.47. The SMILES string of the molecule is CCN(Cc1nc2cccc(N3CC[C@@H](N(C)C)C3)n2c1C#N)[C@H]1CCCc2cccnc21. The second-order valence-corrected chi connectivity index (χ2v) is 9.47. The Morgan fingerprint density at radius 1 is 1.18 bits per heavy atom. The molecule has 0 amide bonds. The van der Waals surface area contributed by atoms with Crippen molar-refractivity contribution in [2.75, 3.05) is 38.6 Å². The molecule has 1 saturated heterocycles. The molecule has 2 aliphatic rings. The number of aromatic nitrogens is 3. The van der Waals surface area contributed by atoms with Gasteiger partial charge >= 0.3 is 0 Å². The van der Waals surface area contributed by atoms with Gasteiger partial charge in [-0.3, -0.25) is 14.3 Å². The van der Waals surface area contributed by atoms with Crippen molar-refractivity contribution in [1.29, 1.82) is 5.26 Å². The van der Waals surface area contributed by atoms with E-state index in [1.807, 2.05) is 18.3 Å². The van der Waals surface area contributed by atoms with E-state index < -0.39 is 0 Å². The van der Waals surface area contributed by atoms with Crippen molar-refractivity contribution in [3.8, 4) is 6.07 Å². The van der Waals surface area contributed by atoms with Gasteiger partial charge in [-0.15, -0.1) is 0 Å². The Morgan fingerprint density at radius 2 is 2.06 bits per heavy atom. The highest BCUT2D eigenvalue weighted by Crippen LogP contribution is 2.34. The van der Waals surface area contributed by atoms with Crippen molar-refractivity contribution < 1.29 is 0 Å². The molecule has 0 unspecified atom stereocenters. The number of hydrogen-bond acceptors (Lipinski definition) is 6. The molecule has 7 heteroatoms. The molecule has 0 radical (unpaired) electrons. The van der Waals surface area contributed by atoms with Gasteiger partial charge in [0.2, 0.25) is 0 Å². The summed E-state index contributed by atoms with van der Waals surface area (Å²) in [5, 5.41) is 10.2. The van der Waals surface area contributed by atoms with Gasteiger partial charge in [-0.05, 0) is 70.1 Å². The maximum atomic E-state index is 10.2. The van der Waals surface area contributed by atoms with Gasteiger partial charge in [0.1, 0.15) is 17.5 Å². The van der Waals surface area contributed by atoms with Crippen molar-refractivity contribution in [2.24, 2.45) is 0 Å². The normalized spacial score (nSPS) is 20.5. The first-order valence-corrected chi connectivity index (χ1v) is 12.1. The first kappa shape index (κ1) is 21.9. The fraction of sp³-hybridized carbons (Fsp3) is 0.500. The predicted octanol–water partition coefficient (Wildman–Crippen LogP) is 3.64. The highest BCUT2D eigenvalue weighted by Gasteiger charge is 2.30. The zero-order valence-electron chi connectivity index (χ0n) is 19.9. The van der Waals surface area contributed by atoms with E-state index in [0.717, 1.165) is 56.1 Å². The molecule has 1 aliphatic heterocycles. The first-order chi connectivity index (χ1) is 16.1. The van der Waals surface area contributed by atoms with Crippen LogP contribution in [0.1, 0.15) is 54.9 Å². The minimum atomic E-state index is 0.273. The highest BCUT2D eigenvalue weighted by atomic mass is 15.3. The third kappa shape index (κ3) is 3.98. The van der Waals surface area contributed by atoms with Crippen molar-refractivity contribution in [1.82, 2.24) is 24.2 Å². The highest BCUT2D eigenvalue weighted by molar-refractivity contribution is 5.57. The number of nitriles is 1. The minimum absolute atomic E-state index is 0.273. The minimum Gasteiger partial charge on any atom is -0.356 e. The molecule has 0 saturated carbocycles. The van der Waals surface area contributed by atoms with E-state index in [9.17, 15) is 5.26 Å². The molecule has 1 fully saturated rings. The molecule has 0 N–H and O–H groups in total. The summed E-state index contributed by atoms with van der Waals surface area (Å²) in [6.45, 7) is 5.70. The van der Waals surface area contributed by atoms with Gasteiger partial charge < -0.3 is 9.80 Å². The standard InChI is InChI=1S/C26H33N7/c1-4-31(22-10-5-8-19-9-7-14-28-26(19)22)18-21-23(16-27)33-24(29-21)11-6-12-25(33)32-15-13-20(17-32)30(2)3/h6-7,9,11-12,14,20,22H,4-5,8,10,13,15,17-18H2,1-3H3/t20-,22+/m1/s1. The average molecular weight is 444 g/mol. The van der Waals surface area contributed by atoms with Crippen LogP contribution in [0.3, 0.4) is 0 Å². The van der Waals surface area contributed by atoms with Crippen LogP contribution in [0.5, 0.6) is 0 Å². The van der Waals surface area contributed by atoms with E-state index in [1.165, 1.54) is 17.7 Å². The van der Waals surface area contributed by atoms with E-state index >= 15 is 0 Å². The third-order valence-corrected chi connectivity index (χ3v) is 7.38. The first-order valence-electron chi connectivity index (χ1n) is 12.1. The van der Waals surface area contributed by atoms with E-state index in [1.54, 1.807) is 0 Å². The van der Waals surface area contributed by atoms with Crippen LogP contribution in [-0.2, 0) is 13.0 Å². The van der Waals surface area contributed by atoms with Crippen LogP contribution in [0.15, 0.2) is 36.5 Å². The lowest BCUT2D eigenvalue weighted by atomic mass is 9.90. The maximum Gasteiger partial charge on any atom is 0.150 e. The number of hydrogen-bond donors (Lipinski definition) is 0. The summed E-state index contributed by atoms with van der Waals surface area (Å²) >= 11 is 0. The van der Waals surface area contributed by atoms with Crippen LogP contribution >= 0.6 is 0 Å². The quantitative estimate of drug-likeness (QED) is 0.580. The summed E-state index contributed by atoms with van der Waals surface area (Å²) in [6.07, 6.45) is 6.40. The molecule has 7 nitrogen and oxygen atoms in total. The van der Waals surface area contributed by atoms with E-state index in [0.29, 0.717) is 18.3 Å². The van der Waals surface area contributed by atoms with Gasteiger partial charge in [-0.1, -0.05) is 19.1 Å². The number of imidazole rings is 1. The summed E-state index contributed by atoms with van der Waals surface area (Å²) < 4.78 is 2.06. The number of aryl methyl sites for hydroxylation is 1. The zero-order valence-corrected chi connectivity index (χ0v) is 19.9. The molecule has 0 aromatic carbocycles. The summed E-state index contributed by atoms with van der Waals surface area (Å²) in [5.74, 6) is 1.07. The molecule has 172 valence electrons. The Balaban J connectivity index is 1.49. The lowest BCUT2D eigenvalue weighted by Crippen LogP contribution is -2.32. The Kier molecular flexibility index (Phi) is 6.05. The Bertz CT molecular complexity index is 1180. The fourth-order valence-corrected chi connectivity index (χ4v) is 5.54. The van der Waals surface area contributed by atoms with Crippen LogP contribution < -0.4 is 4.90 Å². The van der Waals surface area contributed by atoms with Crippen LogP contribution in [0.25, 0.3) is 5.65 Å². The Hall–Kier alpha value is -2.95. The topological polar surface area (TPSA) is 63.7 Å². The number of fused-ring (bicyclic) bond motifs is 2.